The summed E-state index contributed by atoms with van der Waals surface area (Å²) in [6, 6.07) is 0. The van der Waals surface area contributed by atoms with Gasteiger partial charge in [-0.2, -0.15) is 0 Å². The molecule has 5 heteroatoms. The van der Waals surface area contributed by atoms with Crippen LogP contribution in [0.25, 0.3) is 0 Å². The SMILES string of the molecule is OCCC1CCCN(CCCc2nc(CCl)cs2)C1. The van der Waals surface area contributed by atoms with E-state index in [4.69, 9.17) is 16.7 Å². The molecule has 3 nitrogen and oxygen atoms in total. The minimum Gasteiger partial charge on any atom is -0.396 e. The zero-order chi connectivity index (χ0) is 13.5. The average molecular weight is 303 g/mol. The van der Waals surface area contributed by atoms with Gasteiger partial charge in [0.2, 0.25) is 0 Å². The lowest BCUT2D eigenvalue weighted by molar-refractivity contribution is 0.147. The van der Waals surface area contributed by atoms with Gasteiger partial charge in [0.1, 0.15) is 0 Å². The lowest BCUT2D eigenvalue weighted by atomic mass is 9.95. The smallest absolute Gasteiger partial charge is 0.0929 e. The molecule has 19 heavy (non-hydrogen) atoms. The molecule has 1 unspecified atom stereocenters. The molecule has 0 radical (unpaired) electrons. The minimum atomic E-state index is 0.332. The van der Waals surface area contributed by atoms with Crippen LogP contribution in [-0.2, 0) is 12.3 Å². The third kappa shape index (κ3) is 5.03. The fourth-order valence-electron chi connectivity index (χ4n) is 2.75. The van der Waals surface area contributed by atoms with Gasteiger partial charge in [-0.25, -0.2) is 4.98 Å². The van der Waals surface area contributed by atoms with Crippen LogP contribution >= 0.6 is 22.9 Å². The number of thiazole rings is 1. The normalized spacial score (nSPS) is 20.8. The van der Waals surface area contributed by atoms with E-state index >= 15 is 0 Å². The molecular weight excluding hydrogens is 280 g/mol. The van der Waals surface area contributed by atoms with Crippen LogP contribution in [0.5, 0.6) is 0 Å². The second-order valence-electron chi connectivity index (χ2n) is 5.29. The molecule has 1 aliphatic heterocycles. The molecule has 1 saturated heterocycles. The summed E-state index contributed by atoms with van der Waals surface area (Å²) in [6.45, 7) is 3.86. The number of rotatable bonds is 7. The topological polar surface area (TPSA) is 36.4 Å². The third-order valence-corrected chi connectivity index (χ3v) is 4.97. The first kappa shape index (κ1) is 15.2. The number of piperidine rings is 1. The van der Waals surface area contributed by atoms with Crippen LogP contribution in [0.15, 0.2) is 5.38 Å². The first-order valence-corrected chi connectivity index (χ1v) is 8.55. The number of aromatic nitrogens is 1. The molecule has 1 atom stereocenters. The second-order valence-corrected chi connectivity index (χ2v) is 6.50. The molecule has 1 aromatic rings. The molecular formula is C14H23ClN2OS. The van der Waals surface area contributed by atoms with Gasteiger partial charge in [0.05, 0.1) is 16.6 Å². The van der Waals surface area contributed by atoms with E-state index in [-0.39, 0.29) is 0 Å². The average Bonchev–Trinajstić information content (AvgIpc) is 2.88. The molecule has 0 aliphatic carbocycles. The highest BCUT2D eigenvalue weighted by Crippen LogP contribution is 2.20. The molecule has 0 amide bonds. The highest BCUT2D eigenvalue weighted by Gasteiger charge is 2.18. The van der Waals surface area contributed by atoms with Gasteiger partial charge in [-0.1, -0.05) is 0 Å². The van der Waals surface area contributed by atoms with Crippen molar-refractivity contribution in [3.05, 3.63) is 16.1 Å². The Morgan fingerprint density at radius 2 is 2.42 bits per heavy atom. The van der Waals surface area contributed by atoms with E-state index < -0.39 is 0 Å². The molecule has 1 aromatic heterocycles. The van der Waals surface area contributed by atoms with Gasteiger partial charge in [0.15, 0.2) is 0 Å². The first-order chi connectivity index (χ1) is 9.31. The summed E-state index contributed by atoms with van der Waals surface area (Å²) < 4.78 is 0. The molecule has 0 bridgehead atoms. The maximum Gasteiger partial charge on any atom is 0.0929 e. The van der Waals surface area contributed by atoms with Crippen LogP contribution in [0.4, 0.5) is 0 Å². The summed E-state index contributed by atoms with van der Waals surface area (Å²) in [7, 11) is 0. The predicted octanol–water partition coefficient (Wildman–Crippen LogP) is 2.91. The zero-order valence-electron chi connectivity index (χ0n) is 11.4. The fourth-order valence-corrected chi connectivity index (χ4v) is 3.82. The number of aliphatic hydroxyl groups excluding tert-OH is 1. The minimum absolute atomic E-state index is 0.332. The molecule has 1 aliphatic rings. The predicted molar refractivity (Wildman–Crippen MR) is 80.9 cm³/mol. The number of aliphatic hydroxyl groups is 1. The van der Waals surface area contributed by atoms with Crippen LogP contribution in [0.3, 0.4) is 0 Å². The summed E-state index contributed by atoms with van der Waals surface area (Å²) in [4.78, 5) is 7.03. The van der Waals surface area contributed by atoms with Crippen LogP contribution in [0.2, 0.25) is 0 Å². The number of nitrogens with zero attached hydrogens (tertiary/aromatic N) is 2. The van der Waals surface area contributed by atoms with Crippen molar-refractivity contribution in [2.45, 2.75) is 38.0 Å². The van der Waals surface area contributed by atoms with Gasteiger partial charge in [0, 0.05) is 25.0 Å². The maximum absolute atomic E-state index is 9.02. The lowest BCUT2D eigenvalue weighted by Crippen LogP contribution is -2.36. The molecule has 0 aromatic carbocycles. The van der Waals surface area contributed by atoms with Crippen molar-refractivity contribution >= 4 is 22.9 Å². The number of hydrogen-bond donors (Lipinski definition) is 1. The van der Waals surface area contributed by atoms with Crippen molar-refractivity contribution in [3.63, 3.8) is 0 Å². The Hall–Kier alpha value is -0.160. The van der Waals surface area contributed by atoms with Gasteiger partial charge >= 0.3 is 0 Å². The fraction of sp³-hybridized carbons (Fsp3) is 0.786. The Labute approximate surface area is 124 Å². The van der Waals surface area contributed by atoms with E-state index in [1.807, 2.05) is 0 Å². The van der Waals surface area contributed by atoms with Gasteiger partial charge in [-0.15, -0.1) is 22.9 Å². The third-order valence-electron chi connectivity index (χ3n) is 3.74. The molecule has 0 spiro atoms. The van der Waals surface area contributed by atoms with E-state index in [0.29, 0.717) is 18.4 Å². The summed E-state index contributed by atoms with van der Waals surface area (Å²) in [5.74, 6) is 1.22. The molecule has 1 fully saturated rings. The van der Waals surface area contributed by atoms with E-state index in [0.717, 1.165) is 31.6 Å². The van der Waals surface area contributed by atoms with Crippen LogP contribution in [0.1, 0.15) is 36.4 Å². The Bertz CT molecular complexity index is 370. The van der Waals surface area contributed by atoms with E-state index in [1.54, 1.807) is 11.3 Å². The second kappa shape index (κ2) is 8.20. The van der Waals surface area contributed by atoms with Gasteiger partial charge in [0.25, 0.3) is 0 Å². The monoisotopic (exact) mass is 302 g/mol. The summed E-state index contributed by atoms with van der Waals surface area (Å²) in [5, 5.41) is 12.3. The number of aryl methyl sites for hydroxylation is 1. The van der Waals surface area contributed by atoms with Crippen molar-refractivity contribution in [2.24, 2.45) is 5.92 Å². The van der Waals surface area contributed by atoms with Crippen molar-refractivity contribution in [2.75, 3.05) is 26.2 Å². The number of hydrogen-bond acceptors (Lipinski definition) is 4. The Morgan fingerprint density at radius 1 is 1.53 bits per heavy atom. The van der Waals surface area contributed by atoms with Crippen LogP contribution in [-0.4, -0.2) is 41.2 Å². The highest BCUT2D eigenvalue weighted by atomic mass is 35.5. The van der Waals surface area contributed by atoms with E-state index in [9.17, 15) is 0 Å². The molecule has 1 N–H and O–H groups in total. The van der Waals surface area contributed by atoms with Gasteiger partial charge in [-0.3, -0.25) is 0 Å². The maximum atomic E-state index is 9.02. The standard InChI is InChI=1S/C14H23ClN2OS/c15-9-13-11-19-14(16-13)4-2-7-17-6-1-3-12(10-17)5-8-18/h11-12,18H,1-10H2. The van der Waals surface area contributed by atoms with Crippen molar-refractivity contribution in [1.82, 2.24) is 9.88 Å². The van der Waals surface area contributed by atoms with Crippen molar-refractivity contribution in [3.8, 4) is 0 Å². The van der Waals surface area contributed by atoms with Crippen molar-refractivity contribution < 1.29 is 5.11 Å². The lowest BCUT2D eigenvalue weighted by Gasteiger charge is -2.32. The largest absolute Gasteiger partial charge is 0.396 e. The summed E-state index contributed by atoms with van der Waals surface area (Å²) >= 11 is 7.48. The molecule has 2 rings (SSSR count). The number of halogens is 1. The Kier molecular flexibility index (Phi) is 6.57. The Balaban J connectivity index is 1.67. The summed E-state index contributed by atoms with van der Waals surface area (Å²) in [5.41, 5.74) is 1.00. The van der Waals surface area contributed by atoms with E-state index in [2.05, 4.69) is 15.3 Å². The molecule has 0 saturated carbocycles. The highest BCUT2D eigenvalue weighted by molar-refractivity contribution is 7.09. The Morgan fingerprint density at radius 3 is 3.16 bits per heavy atom. The quantitative estimate of drug-likeness (QED) is 0.787. The first-order valence-electron chi connectivity index (χ1n) is 7.14. The van der Waals surface area contributed by atoms with Crippen LogP contribution in [0, 0.1) is 5.92 Å². The number of alkyl halides is 1. The number of likely N-dealkylation sites (tertiary alicyclic amines) is 1. The van der Waals surface area contributed by atoms with Crippen molar-refractivity contribution in [1.29, 1.82) is 0 Å². The molecule has 2 heterocycles. The van der Waals surface area contributed by atoms with Gasteiger partial charge in [-0.05, 0) is 44.7 Å². The summed E-state index contributed by atoms with van der Waals surface area (Å²) in [6.07, 6.45) is 5.74. The molecule has 108 valence electrons. The van der Waals surface area contributed by atoms with E-state index in [1.165, 1.54) is 30.8 Å². The van der Waals surface area contributed by atoms with Gasteiger partial charge < -0.3 is 10.0 Å². The zero-order valence-corrected chi connectivity index (χ0v) is 12.9. The van der Waals surface area contributed by atoms with Crippen LogP contribution < -0.4 is 0 Å².